The van der Waals surface area contributed by atoms with E-state index in [0.29, 0.717) is 6.54 Å². The smallest absolute Gasteiger partial charge is 0.261 e. The zero-order valence-corrected chi connectivity index (χ0v) is 14.4. The van der Waals surface area contributed by atoms with Crippen molar-refractivity contribution >= 4 is 22.9 Å². The minimum absolute atomic E-state index is 0.00320. The van der Waals surface area contributed by atoms with Gasteiger partial charge in [-0.25, -0.2) is 0 Å². The molecule has 0 saturated carbocycles. The van der Waals surface area contributed by atoms with Crippen LogP contribution >= 0.6 is 11.3 Å². The van der Waals surface area contributed by atoms with E-state index in [1.807, 2.05) is 19.9 Å². The first kappa shape index (κ1) is 16.0. The molecule has 2 aromatic rings. The van der Waals surface area contributed by atoms with E-state index in [2.05, 4.69) is 34.5 Å². The molecule has 1 amide bonds. The molecule has 5 heteroatoms. The van der Waals surface area contributed by atoms with Gasteiger partial charge in [0.05, 0.1) is 18.1 Å². The second kappa shape index (κ2) is 7.15. The zero-order valence-electron chi connectivity index (χ0n) is 13.6. The minimum Gasteiger partial charge on any atom is -0.378 e. The van der Waals surface area contributed by atoms with Crippen molar-refractivity contribution in [1.82, 2.24) is 5.32 Å². The quantitative estimate of drug-likeness (QED) is 0.936. The van der Waals surface area contributed by atoms with Gasteiger partial charge in [-0.1, -0.05) is 12.1 Å². The van der Waals surface area contributed by atoms with Crippen molar-refractivity contribution in [3.63, 3.8) is 0 Å². The Labute approximate surface area is 141 Å². The molecule has 2 heterocycles. The predicted octanol–water partition coefficient (Wildman–Crippen LogP) is 3.13. The van der Waals surface area contributed by atoms with E-state index in [0.717, 1.165) is 36.7 Å². The second-order valence-corrected chi connectivity index (χ2v) is 7.05. The third-order valence-corrected chi connectivity index (χ3v) is 5.31. The summed E-state index contributed by atoms with van der Waals surface area (Å²) < 4.78 is 5.37. The lowest BCUT2D eigenvalue weighted by atomic mass is 10.2. The molecule has 3 rings (SSSR count). The predicted molar refractivity (Wildman–Crippen MR) is 94.4 cm³/mol. The third-order valence-electron chi connectivity index (χ3n) is 4.16. The molecule has 1 N–H and O–H groups in total. The van der Waals surface area contributed by atoms with Crippen LogP contribution in [-0.4, -0.2) is 32.2 Å². The molecule has 23 heavy (non-hydrogen) atoms. The van der Waals surface area contributed by atoms with Crippen molar-refractivity contribution in [2.75, 3.05) is 31.2 Å². The fourth-order valence-corrected chi connectivity index (χ4v) is 3.55. The first-order valence-corrected chi connectivity index (χ1v) is 8.72. The Morgan fingerprint density at radius 2 is 1.91 bits per heavy atom. The van der Waals surface area contributed by atoms with Gasteiger partial charge >= 0.3 is 0 Å². The summed E-state index contributed by atoms with van der Waals surface area (Å²) in [6, 6.07) is 10.3. The zero-order chi connectivity index (χ0) is 16.2. The number of anilines is 1. The normalized spacial score (nSPS) is 14.8. The number of rotatable bonds is 4. The lowest BCUT2D eigenvalue weighted by Crippen LogP contribution is -2.36. The summed E-state index contributed by atoms with van der Waals surface area (Å²) in [6.45, 7) is 8.08. The number of ether oxygens (including phenoxy) is 1. The number of benzene rings is 1. The van der Waals surface area contributed by atoms with Crippen molar-refractivity contribution in [3.8, 4) is 0 Å². The number of hydrogen-bond acceptors (Lipinski definition) is 4. The molecular weight excluding hydrogens is 308 g/mol. The maximum absolute atomic E-state index is 12.2. The maximum atomic E-state index is 12.2. The molecule has 1 saturated heterocycles. The summed E-state index contributed by atoms with van der Waals surface area (Å²) in [6.07, 6.45) is 0. The number of aryl methyl sites for hydroxylation is 2. The molecule has 122 valence electrons. The summed E-state index contributed by atoms with van der Waals surface area (Å²) in [4.78, 5) is 16.5. The van der Waals surface area contributed by atoms with E-state index in [1.165, 1.54) is 16.1 Å². The summed E-state index contributed by atoms with van der Waals surface area (Å²) in [5.41, 5.74) is 3.50. The van der Waals surface area contributed by atoms with Gasteiger partial charge in [0.2, 0.25) is 0 Å². The molecule has 0 atom stereocenters. The highest BCUT2D eigenvalue weighted by molar-refractivity contribution is 7.14. The number of thiophene rings is 1. The Hall–Kier alpha value is -1.85. The number of morpholine rings is 1. The summed E-state index contributed by atoms with van der Waals surface area (Å²) >= 11 is 1.55. The Kier molecular flexibility index (Phi) is 4.98. The number of nitrogens with zero attached hydrogens (tertiary/aromatic N) is 1. The van der Waals surface area contributed by atoms with Crippen LogP contribution in [0.3, 0.4) is 0 Å². The van der Waals surface area contributed by atoms with Crippen molar-refractivity contribution in [3.05, 3.63) is 51.2 Å². The van der Waals surface area contributed by atoms with Crippen molar-refractivity contribution in [2.24, 2.45) is 0 Å². The number of carbonyl (C=O) groups is 1. The first-order valence-electron chi connectivity index (χ1n) is 7.90. The average molecular weight is 330 g/mol. The van der Waals surface area contributed by atoms with Gasteiger partial charge < -0.3 is 15.0 Å². The van der Waals surface area contributed by atoms with Gasteiger partial charge in [0.25, 0.3) is 5.91 Å². The first-order chi connectivity index (χ1) is 11.1. The topological polar surface area (TPSA) is 41.6 Å². The number of carbonyl (C=O) groups excluding carboxylic acids is 1. The Morgan fingerprint density at radius 1 is 1.22 bits per heavy atom. The Morgan fingerprint density at radius 3 is 2.52 bits per heavy atom. The standard InChI is InChI=1S/C18H22N2O2S/c1-13-11-17(23-14(13)2)18(21)19-12-15-3-5-16(6-4-15)20-7-9-22-10-8-20/h3-6,11H,7-10,12H2,1-2H3,(H,19,21). The molecule has 0 bridgehead atoms. The molecule has 0 spiro atoms. The molecule has 0 aliphatic carbocycles. The van der Waals surface area contributed by atoms with E-state index >= 15 is 0 Å². The molecule has 1 aromatic heterocycles. The second-order valence-electron chi connectivity index (χ2n) is 5.80. The maximum Gasteiger partial charge on any atom is 0.261 e. The lowest BCUT2D eigenvalue weighted by molar-refractivity contribution is 0.0955. The van der Waals surface area contributed by atoms with Gasteiger partial charge in [-0.15, -0.1) is 11.3 Å². The molecule has 1 aliphatic heterocycles. The van der Waals surface area contributed by atoms with Crippen LogP contribution in [-0.2, 0) is 11.3 Å². The largest absolute Gasteiger partial charge is 0.378 e. The number of hydrogen-bond donors (Lipinski definition) is 1. The fraction of sp³-hybridized carbons (Fsp3) is 0.389. The van der Waals surface area contributed by atoms with Crippen LogP contribution in [0.5, 0.6) is 0 Å². The summed E-state index contributed by atoms with van der Waals surface area (Å²) in [5.74, 6) is 0.00320. The molecular formula is C18H22N2O2S. The molecule has 4 nitrogen and oxygen atoms in total. The van der Waals surface area contributed by atoms with E-state index in [-0.39, 0.29) is 5.91 Å². The van der Waals surface area contributed by atoms with E-state index in [9.17, 15) is 4.79 Å². The van der Waals surface area contributed by atoms with Crippen LogP contribution in [0.15, 0.2) is 30.3 Å². The van der Waals surface area contributed by atoms with Crippen LogP contribution in [0.4, 0.5) is 5.69 Å². The summed E-state index contributed by atoms with van der Waals surface area (Å²) in [7, 11) is 0. The highest BCUT2D eigenvalue weighted by Gasteiger charge is 2.12. The monoisotopic (exact) mass is 330 g/mol. The number of nitrogens with one attached hydrogen (secondary N) is 1. The van der Waals surface area contributed by atoms with Gasteiger partial charge in [0.15, 0.2) is 0 Å². The van der Waals surface area contributed by atoms with Crippen molar-refractivity contribution in [1.29, 1.82) is 0 Å². The van der Waals surface area contributed by atoms with Gasteiger partial charge in [0.1, 0.15) is 0 Å². The molecule has 1 aliphatic rings. The molecule has 1 fully saturated rings. The van der Waals surface area contributed by atoms with E-state index in [4.69, 9.17) is 4.74 Å². The van der Waals surface area contributed by atoms with Crippen LogP contribution in [0, 0.1) is 13.8 Å². The lowest BCUT2D eigenvalue weighted by Gasteiger charge is -2.28. The molecule has 1 aromatic carbocycles. The van der Waals surface area contributed by atoms with E-state index in [1.54, 1.807) is 11.3 Å². The van der Waals surface area contributed by atoms with Gasteiger partial charge in [0, 0.05) is 30.2 Å². The highest BCUT2D eigenvalue weighted by Crippen LogP contribution is 2.21. The third kappa shape index (κ3) is 3.92. The van der Waals surface area contributed by atoms with Crippen molar-refractivity contribution < 1.29 is 9.53 Å². The van der Waals surface area contributed by atoms with Crippen LogP contribution in [0.25, 0.3) is 0 Å². The van der Waals surface area contributed by atoms with Crippen molar-refractivity contribution in [2.45, 2.75) is 20.4 Å². The SMILES string of the molecule is Cc1cc(C(=O)NCc2ccc(N3CCOCC3)cc2)sc1C. The van der Waals surface area contributed by atoms with Gasteiger partial charge in [-0.3, -0.25) is 4.79 Å². The summed E-state index contributed by atoms with van der Waals surface area (Å²) in [5, 5.41) is 2.99. The Bertz CT molecular complexity index is 653. The van der Waals surface area contributed by atoms with Crippen LogP contribution in [0.1, 0.15) is 25.7 Å². The molecule has 0 radical (unpaired) electrons. The van der Waals surface area contributed by atoms with Gasteiger partial charge in [-0.2, -0.15) is 0 Å². The van der Waals surface area contributed by atoms with Crippen LogP contribution < -0.4 is 10.2 Å². The van der Waals surface area contributed by atoms with Crippen LogP contribution in [0.2, 0.25) is 0 Å². The molecule has 0 unspecified atom stereocenters. The minimum atomic E-state index is 0.00320. The van der Waals surface area contributed by atoms with Gasteiger partial charge in [-0.05, 0) is 43.2 Å². The highest BCUT2D eigenvalue weighted by atomic mass is 32.1. The van der Waals surface area contributed by atoms with E-state index < -0.39 is 0 Å². The fourth-order valence-electron chi connectivity index (χ4n) is 2.60. The number of amides is 1. The Balaban J connectivity index is 1.56. The average Bonchev–Trinajstić information content (AvgIpc) is 2.93.